The molecule has 0 amide bonds. The number of hydrogen-bond donors (Lipinski definition) is 0. The summed E-state index contributed by atoms with van der Waals surface area (Å²) < 4.78 is 12.3. The first kappa shape index (κ1) is 6.55. The van der Waals surface area contributed by atoms with Crippen molar-refractivity contribution in [3.8, 4) is 5.75 Å². The van der Waals surface area contributed by atoms with Gasteiger partial charge in [-0.15, -0.1) is 0 Å². The lowest BCUT2D eigenvalue weighted by molar-refractivity contribution is -0.269. The molecule has 48 valence electrons. The van der Waals surface area contributed by atoms with E-state index in [0.29, 0.717) is 0 Å². The van der Waals surface area contributed by atoms with Gasteiger partial charge >= 0.3 is 0 Å². The van der Waals surface area contributed by atoms with Crippen molar-refractivity contribution in [1.82, 2.24) is 0 Å². The van der Waals surface area contributed by atoms with Crippen LogP contribution in [0.15, 0.2) is 22.7 Å². The van der Waals surface area contributed by atoms with E-state index in [1.807, 2.05) is 0 Å². The lowest BCUT2D eigenvalue weighted by Gasteiger charge is -2.06. The van der Waals surface area contributed by atoms with Crippen molar-refractivity contribution in [2.24, 2.45) is 0 Å². The van der Waals surface area contributed by atoms with Crippen LogP contribution < -0.4 is 5.11 Å². The Morgan fingerprint density at radius 3 is 2.56 bits per heavy atom. The summed E-state index contributed by atoms with van der Waals surface area (Å²) in [6, 6.07) is 3.90. The lowest BCUT2D eigenvalue weighted by Crippen LogP contribution is -1.91. The van der Waals surface area contributed by atoms with E-state index in [4.69, 9.17) is 0 Å². The molecule has 0 atom stereocenters. The monoisotopic (exact) mass is 189 g/mol. The van der Waals surface area contributed by atoms with Gasteiger partial charge in [0.05, 0.1) is 0 Å². The molecule has 0 saturated carbocycles. The first-order chi connectivity index (χ1) is 4.22. The molecule has 0 unspecified atom stereocenters. The molecule has 1 rings (SSSR count). The normalized spacial score (nSPS) is 9.56. The predicted octanol–water partition coefficient (Wildman–Crippen LogP) is 1.66. The van der Waals surface area contributed by atoms with E-state index < -0.39 is 5.82 Å². The zero-order chi connectivity index (χ0) is 6.85. The number of hydrogen-bond acceptors (Lipinski definition) is 1. The third-order valence-electron chi connectivity index (χ3n) is 0.916. The van der Waals surface area contributed by atoms with Crippen LogP contribution in [0.25, 0.3) is 0 Å². The topological polar surface area (TPSA) is 23.1 Å². The molecule has 0 aliphatic carbocycles. The van der Waals surface area contributed by atoms with Crippen LogP contribution in [-0.4, -0.2) is 0 Å². The van der Waals surface area contributed by atoms with Crippen LogP contribution in [0.4, 0.5) is 4.39 Å². The average Bonchev–Trinajstić information content (AvgIpc) is 1.83. The summed E-state index contributed by atoms with van der Waals surface area (Å²) >= 11 is 2.79. The van der Waals surface area contributed by atoms with Gasteiger partial charge in [-0.3, -0.25) is 0 Å². The van der Waals surface area contributed by atoms with Crippen LogP contribution in [0, 0.1) is 5.82 Å². The summed E-state index contributed by atoms with van der Waals surface area (Å²) in [6.45, 7) is 0. The van der Waals surface area contributed by atoms with Crippen molar-refractivity contribution in [3.63, 3.8) is 0 Å². The fourth-order valence-corrected chi connectivity index (χ4v) is 0.748. The van der Waals surface area contributed by atoms with Gasteiger partial charge in [-0.05, 0) is 22.0 Å². The largest absolute Gasteiger partial charge is 0.872 e. The van der Waals surface area contributed by atoms with Crippen LogP contribution in [0.5, 0.6) is 5.75 Å². The van der Waals surface area contributed by atoms with Crippen molar-refractivity contribution in [2.45, 2.75) is 0 Å². The molecule has 0 aliphatic heterocycles. The first-order valence-corrected chi connectivity index (χ1v) is 3.12. The summed E-state index contributed by atoms with van der Waals surface area (Å²) in [6.07, 6.45) is 0. The first-order valence-electron chi connectivity index (χ1n) is 2.33. The smallest absolute Gasteiger partial charge is 0.136 e. The third-order valence-corrected chi connectivity index (χ3v) is 1.69. The zero-order valence-corrected chi connectivity index (χ0v) is 5.98. The van der Waals surface area contributed by atoms with E-state index in [1.54, 1.807) is 0 Å². The van der Waals surface area contributed by atoms with Gasteiger partial charge in [-0.1, -0.05) is 17.9 Å². The van der Waals surface area contributed by atoms with Crippen molar-refractivity contribution < 1.29 is 9.50 Å². The van der Waals surface area contributed by atoms with Crippen LogP contribution in [0.3, 0.4) is 0 Å². The minimum atomic E-state index is -0.512. The van der Waals surface area contributed by atoms with Crippen LogP contribution in [0.1, 0.15) is 0 Å². The second-order valence-electron chi connectivity index (χ2n) is 1.55. The Labute approximate surface area is 60.3 Å². The molecule has 9 heavy (non-hydrogen) atoms. The Morgan fingerprint density at radius 2 is 2.11 bits per heavy atom. The van der Waals surface area contributed by atoms with Crippen molar-refractivity contribution in [2.75, 3.05) is 0 Å². The van der Waals surface area contributed by atoms with Crippen LogP contribution in [0.2, 0.25) is 0 Å². The van der Waals surface area contributed by atoms with E-state index in [0.717, 1.165) is 0 Å². The SMILES string of the molecule is [O-]c1cccc(F)c1Br. The highest BCUT2D eigenvalue weighted by Crippen LogP contribution is 2.22. The summed E-state index contributed by atoms with van der Waals surface area (Å²) in [7, 11) is 0. The van der Waals surface area contributed by atoms with E-state index in [9.17, 15) is 9.50 Å². The highest BCUT2D eigenvalue weighted by atomic mass is 79.9. The maximum atomic E-state index is 12.3. The van der Waals surface area contributed by atoms with Gasteiger partial charge in [0.1, 0.15) is 5.82 Å². The minimum absolute atomic E-state index is 0.00463. The molecule has 0 aromatic heterocycles. The lowest BCUT2D eigenvalue weighted by atomic mass is 10.3. The predicted molar refractivity (Wildman–Crippen MR) is 33.5 cm³/mol. The molecule has 3 heteroatoms. The van der Waals surface area contributed by atoms with E-state index in [1.165, 1.54) is 18.2 Å². The molecule has 0 fully saturated rings. The van der Waals surface area contributed by atoms with E-state index >= 15 is 0 Å². The number of halogens is 2. The molecular weight excluding hydrogens is 187 g/mol. The molecule has 0 saturated heterocycles. The van der Waals surface area contributed by atoms with Gasteiger partial charge in [0.25, 0.3) is 0 Å². The quantitative estimate of drug-likeness (QED) is 0.609. The number of benzene rings is 1. The molecule has 0 N–H and O–H groups in total. The molecule has 0 spiro atoms. The Bertz CT molecular complexity index is 204. The van der Waals surface area contributed by atoms with Gasteiger partial charge in [-0.25, -0.2) is 4.39 Å². The van der Waals surface area contributed by atoms with Gasteiger partial charge in [0, 0.05) is 4.47 Å². The Morgan fingerprint density at radius 1 is 1.44 bits per heavy atom. The van der Waals surface area contributed by atoms with Gasteiger partial charge < -0.3 is 5.11 Å². The Hall–Kier alpha value is -0.570. The van der Waals surface area contributed by atoms with Crippen molar-refractivity contribution in [3.05, 3.63) is 28.5 Å². The maximum Gasteiger partial charge on any atom is 0.136 e. The van der Waals surface area contributed by atoms with Gasteiger partial charge in [0.15, 0.2) is 0 Å². The molecule has 0 bridgehead atoms. The van der Waals surface area contributed by atoms with Gasteiger partial charge in [-0.2, -0.15) is 0 Å². The van der Waals surface area contributed by atoms with Crippen LogP contribution in [-0.2, 0) is 0 Å². The zero-order valence-electron chi connectivity index (χ0n) is 4.40. The van der Waals surface area contributed by atoms with Crippen LogP contribution >= 0.6 is 15.9 Å². The highest BCUT2D eigenvalue weighted by Gasteiger charge is 1.94. The summed E-state index contributed by atoms with van der Waals surface area (Å²) in [5, 5.41) is 10.6. The molecular formula is C6H3BrFO-. The third kappa shape index (κ3) is 1.21. The average molecular weight is 190 g/mol. The fourth-order valence-electron chi connectivity index (χ4n) is 0.484. The highest BCUT2D eigenvalue weighted by molar-refractivity contribution is 9.10. The van der Waals surface area contributed by atoms with E-state index in [-0.39, 0.29) is 10.2 Å². The minimum Gasteiger partial charge on any atom is -0.872 e. The summed E-state index contributed by atoms with van der Waals surface area (Å²) in [5.41, 5.74) is 0. The fraction of sp³-hybridized carbons (Fsp3) is 0. The number of rotatable bonds is 0. The molecule has 1 nitrogen and oxygen atoms in total. The second-order valence-corrected chi connectivity index (χ2v) is 2.34. The second kappa shape index (κ2) is 2.35. The molecule has 0 radical (unpaired) electrons. The molecule has 0 aliphatic rings. The summed E-state index contributed by atoms with van der Waals surface area (Å²) in [5.74, 6) is -0.836. The molecule has 1 aromatic carbocycles. The molecule has 0 heterocycles. The molecule has 1 aromatic rings. The van der Waals surface area contributed by atoms with Gasteiger partial charge in [0.2, 0.25) is 0 Å². The van der Waals surface area contributed by atoms with E-state index in [2.05, 4.69) is 15.9 Å². The van der Waals surface area contributed by atoms with Crippen molar-refractivity contribution in [1.29, 1.82) is 0 Å². The maximum absolute atomic E-state index is 12.3. The Balaban J connectivity index is 3.25. The van der Waals surface area contributed by atoms with Crippen molar-refractivity contribution >= 4 is 15.9 Å². The Kier molecular flexibility index (Phi) is 1.71. The standard InChI is InChI=1S/C6H4BrFO/c7-6-4(8)2-1-3-5(6)9/h1-3,9H/p-1. The summed E-state index contributed by atoms with van der Waals surface area (Å²) in [4.78, 5) is 0.